The van der Waals surface area contributed by atoms with Crippen molar-refractivity contribution in [2.24, 2.45) is 5.41 Å². The van der Waals surface area contributed by atoms with E-state index >= 15 is 0 Å². The molecule has 0 aromatic heterocycles. The Balaban J connectivity index is 4.69. The summed E-state index contributed by atoms with van der Waals surface area (Å²) in [5.74, 6) is 0. The van der Waals surface area contributed by atoms with Crippen molar-refractivity contribution in [3.8, 4) is 0 Å². The summed E-state index contributed by atoms with van der Waals surface area (Å²) in [6, 6.07) is -0.262. The number of hydrogen-bond donors (Lipinski definition) is 1. The normalized spacial score (nSPS) is 13.5. The monoisotopic (exact) mass is 187 g/mol. The highest BCUT2D eigenvalue weighted by molar-refractivity contribution is 5.67. The lowest BCUT2D eigenvalue weighted by Gasteiger charge is -2.34. The van der Waals surface area contributed by atoms with Crippen molar-refractivity contribution in [1.82, 2.24) is 4.90 Å². The van der Waals surface area contributed by atoms with Gasteiger partial charge < -0.3 is 14.8 Å². The number of carbonyl (C=O) groups excluding carboxylic acids is 1. The first-order valence-corrected chi connectivity index (χ1v) is 4.29. The summed E-state index contributed by atoms with van der Waals surface area (Å²) in [7, 11) is 1.49. The molecule has 0 aliphatic carbocycles. The molecule has 0 radical (unpaired) electrons. The van der Waals surface area contributed by atoms with E-state index in [1.807, 2.05) is 6.92 Å². The van der Waals surface area contributed by atoms with Gasteiger partial charge in [0.15, 0.2) is 0 Å². The summed E-state index contributed by atoms with van der Waals surface area (Å²) >= 11 is 0. The van der Waals surface area contributed by atoms with Crippen molar-refractivity contribution < 1.29 is 14.7 Å². The number of rotatable bonds is 4. The van der Waals surface area contributed by atoms with E-state index in [0.717, 1.165) is 6.29 Å². The molecule has 1 N–H and O–H groups in total. The highest BCUT2D eigenvalue weighted by atomic mass is 16.4. The summed E-state index contributed by atoms with van der Waals surface area (Å²) in [5.41, 5.74) is -0.623. The molecule has 0 bridgehead atoms. The molecule has 13 heavy (non-hydrogen) atoms. The zero-order valence-corrected chi connectivity index (χ0v) is 8.57. The van der Waals surface area contributed by atoms with Crippen molar-refractivity contribution in [2.75, 3.05) is 7.05 Å². The maximum Gasteiger partial charge on any atom is 0.407 e. The standard InChI is InChI=1S/C9H17NO3/c1-5-7(9(2,3)6-11)10(4)8(12)13/h6-7H,5H2,1-4H3,(H,12,13). The van der Waals surface area contributed by atoms with E-state index in [2.05, 4.69) is 0 Å². The first-order chi connectivity index (χ1) is 5.86. The maximum atomic E-state index is 10.7. The molecule has 0 rings (SSSR count). The Labute approximate surface area is 78.5 Å². The van der Waals surface area contributed by atoms with Crippen LogP contribution >= 0.6 is 0 Å². The van der Waals surface area contributed by atoms with Crippen LogP contribution in [-0.2, 0) is 4.79 Å². The largest absolute Gasteiger partial charge is 0.465 e. The molecule has 4 heteroatoms. The van der Waals surface area contributed by atoms with Gasteiger partial charge in [-0.2, -0.15) is 0 Å². The molecule has 1 amide bonds. The van der Waals surface area contributed by atoms with Crippen molar-refractivity contribution in [1.29, 1.82) is 0 Å². The lowest BCUT2D eigenvalue weighted by Crippen LogP contribution is -2.46. The van der Waals surface area contributed by atoms with Crippen LogP contribution in [0.15, 0.2) is 0 Å². The summed E-state index contributed by atoms with van der Waals surface area (Å²) in [6.45, 7) is 5.36. The summed E-state index contributed by atoms with van der Waals surface area (Å²) in [5, 5.41) is 8.75. The average Bonchev–Trinajstić information content (AvgIpc) is 2.05. The van der Waals surface area contributed by atoms with Crippen LogP contribution in [0.5, 0.6) is 0 Å². The first kappa shape index (κ1) is 11.9. The number of carbonyl (C=O) groups is 2. The molecular weight excluding hydrogens is 170 g/mol. The Morgan fingerprint density at radius 1 is 1.62 bits per heavy atom. The number of nitrogens with zero attached hydrogens (tertiary/aromatic N) is 1. The van der Waals surface area contributed by atoms with E-state index < -0.39 is 11.5 Å². The highest BCUT2D eigenvalue weighted by Gasteiger charge is 2.33. The van der Waals surface area contributed by atoms with Crippen molar-refractivity contribution >= 4 is 12.4 Å². The number of hydrogen-bond acceptors (Lipinski definition) is 2. The fourth-order valence-electron chi connectivity index (χ4n) is 1.51. The second kappa shape index (κ2) is 4.25. The van der Waals surface area contributed by atoms with Gasteiger partial charge in [-0.1, -0.05) is 20.8 Å². The van der Waals surface area contributed by atoms with Gasteiger partial charge in [-0.25, -0.2) is 4.79 Å². The van der Waals surface area contributed by atoms with Crippen molar-refractivity contribution in [3.63, 3.8) is 0 Å². The molecule has 0 aromatic rings. The smallest absolute Gasteiger partial charge is 0.407 e. The van der Waals surface area contributed by atoms with Gasteiger partial charge in [0.05, 0.1) is 0 Å². The van der Waals surface area contributed by atoms with E-state index in [1.165, 1.54) is 11.9 Å². The molecule has 0 aliphatic rings. The van der Waals surface area contributed by atoms with Crippen LogP contribution in [0, 0.1) is 5.41 Å². The van der Waals surface area contributed by atoms with Crippen molar-refractivity contribution in [3.05, 3.63) is 0 Å². The number of carboxylic acid groups (broad SMARTS) is 1. The molecule has 0 spiro atoms. The predicted molar refractivity (Wildman–Crippen MR) is 49.7 cm³/mol. The fourth-order valence-corrected chi connectivity index (χ4v) is 1.51. The van der Waals surface area contributed by atoms with Gasteiger partial charge in [-0.15, -0.1) is 0 Å². The Bertz CT molecular complexity index is 201. The lowest BCUT2D eigenvalue weighted by atomic mass is 9.84. The fraction of sp³-hybridized carbons (Fsp3) is 0.778. The Hall–Kier alpha value is -1.06. The van der Waals surface area contributed by atoms with Crippen LogP contribution in [0.1, 0.15) is 27.2 Å². The summed E-state index contributed by atoms with van der Waals surface area (Å²) in [6.07, 6.45) is 0.441. The van der Waals surface area contributed by atoms with Gasteiger partial charge in [-0.3, -0.25) is 0 Å². The third kappa shape index (κ3) is 2.72. The summed E-state index contributed by atoms with van der Waals surface area (Å²) < 4.78 is 0. The third-order valence-corrected chi connectivity index (χ3v) is 2.32. The second-order valence-electron chi connectivity index (χ2n) is 3.76. The Morgan fingerprint density at radius 2 is 2.08 bits per heavy atom. The molecule has 1 unspecified atom stereocenters. The van der Waals surface area contributed by atoms with Gasteiger partial charge in [0.1, 0.15) is 6.29 Å². The van der Waals surface area contributed by atoms with Gasteiger partial charge in [-0.05, 0) is 6.42 Å². The minimum atomic E-state index is -0.998. The maximum absolute atomic E-state index is 10.7. The van der Waals surface area contributed by atoms with Gasteiger partial charge >= 0.3 is 6.09 Å². The molecule has 0 saturated heterocycles. The highest BCUT2D eigenvalue weighted by Crippen LogP contribution is 2.24. The van der Waals surface area contributed by atoms with Gasteiger partial charge in [0, 0.05) is 18.5 Å². The van der Waals surface area contributed by atoms with E-state index in [1.54, 1.807) is 13.8 Å². The van der Waals surface area contributed by atoms with Crippen LogP contribution in [0.4, 0.5) is 4.79 Å². The molecule has 0 aromatic carbocycles. The van der Waals surface area contributed by atoms with Crippen LogP contribution < -0.4 is 0 Å². The molecular formula is C9H17NO3. The quantitative estimate of drug-likeness (QED) is 0.680. The topological polar surface area (TPSA) is 57.6 Å². The zero-order chi connectivity index (χ0) is 10.6. The van der Waals surface area contributed by atoms with Crippen molar-refractivity contribution in [2.45, 2.75) is 33.2 Å². The van der Waals surface area contributed by atoms with E-state index in [0.29, 0.717) is 6.42 Å². The van der Waals surface area contributed by atoms with E-state index in [-0.39, 0.29) is 6.04 Å². The first-order valence-electron chi connectivity index (χ1n) is 4.29. The van der Waals surface area contributed by atoms with E-state index in [4.69, 9.17) is 5.11 Å². The number of aldehydes is 1. The molecule has 0 saturated carbocycles. The average molecular weight is 187 g/mol. The molecule has 4 nitrogen and oxygen atoms in total. The molecule has 76 valence electrons. The van der Waals surface area contributed by atoms with Gasteiger partial charge in [0.2, 0.25) is 0 Å². The van der Waals surface area contributed by atoms with Crippen LogP contribution in [0.2, 0.25) is 0 Å². The lowest BCUT2D eigenvalue weighted by molar-refractivity contribution is -0.117. The molecule has 1 atom stereocenters. The molecule has 0 fully saturated rings. The van der Waals surface area contributed by atoms with E-state index in [9.17, 15) is 9.59 Å². The zero-order valence-electron chi connectivity index (χ0n) is 8.57. The number of amides is 1. The second-order valence-corrected chi connectivity index (χ2v) is 3.76. The Morgan fingerprint density at radius 3 is 2.31 bits per heavy atom. The van der Waals surface area contributed by atoms with Crippen LogP contribution in [-0.4, -0.2) is 35.5 Å². The Kier molecular flexibility index (Phi) is 3.91. The van der Waals surface area contributed by atoms with Gasteiger partial charge in [0.25, 0.3) is 0 Å². The predicted octanol–water partition coefficient (Wildman–Crippen LogP) is 1.60. The minimum absolute atomic E-state index is 0.262. The van der Waals surface area contributed by atoms with Crippen LogP contribution in [0.25, 0.3) is 0 Å². The SMILES string of the molecule is CCC(N(C)C(=O)O)C(C)(C)C=O. The molecule has 0 aliphatic heterocycles. The summed E-state index contributed by atoms with van der Waals surface area (Å²) in [4.78, 5) is 22.6. The molecule has 0 heterocycles. The minimum Gasteiger partial charge on any atom is -0.465 e. The third-order valence-electron chi connectivity index (χ3n) is 2.32. The van der Waals surface area contributed by atoms with Crippen LogP contribution in [0.3, 0.4) is 0 Å².